The van der Waals surface area contributed by atoms with Crippen LogP contribution in [-0.4, -0.2) is 28.3 Å². The third-order valence-electron chi connectivity index (χ3n) is 4.59. The zero-order valence-corrected chi connectivity index (χ0v) is 20.2. The number of rotatable bonds is 6. The molecule has 0 saturated heterocycles. The molecule has 2 N–H and O–H groups in total. The minimum Gasteiger partial charge on any atom is -0.495 e. The highest BCUT2D eigenvalue weighted by atomic mass is 35.5. The zero-order valence-electron chi connectivity index (χ0n) is 17.8. The molecule has 4 rings (SSSR count). The molecule has 0 amide bonds. The Balaban J connectivity index is 1.78. The van der Waals surface area contributed by atoms with Gasteiger partial charge in [0.1, 0.15) is 11.5 Å². The summed E-state index contributed by atoms with van der Waals surface area (Å²) >= 11 is 12.7. The van der Waals surface area contributed by atoms with E-state index in [1.165, 1.54) is 11.5 Å². The van der Waals surface area contributed by atoms with Gasteiger partial charge in [0.05, 0.1) is 25.6 Å². The number of benzene rings is 3. The van der Waals surface area contributed by atoms with Crippen LogP contribution in [-0.2, 0) is 0 Å². The number of ether oxygens (including phenoxy) is 2. The van der Waals surface area contributed by atoms with Gasteiger partial charge in [0.25, 0.3) is 0 Å². The smallest absolute Gasteiger partial charge is 0.225 e. The molecule has 7 nitrogen and oxygen atoms in total. The van der Waals surface area contributed by atoms with Crippen molar-refractivity contribution >= 4 is 57.8 Å². The second kappa shape index (κ2) is 10.5. The molecule has 0 fully saturated rings. The fraction of sp³-hybridized carbons (Fsp3) is 0.0870. The van der Waals surface area contributed by atoms with Crippen molar-refractivity contribution in [2.75, 3.05) is 24.9 Å². The molecule has 0 radical (unpaired) electrons. The van der Waals surface area contributed by atoms with E-state index < -0.39 is 0 Å². The van der Waals surface area contributed by atoms with Gasteiger partial charge >= 0.3 is 0 Å². The molecule has 0 aliphatic heterocycles. The van der Waals surface area contributed by atoms with Gasteiger partial charge in [0, 0.05) is 22.2 Å². The molecule has 33 heavy (non-hydrogen) atoms. The maximum absolute atomic E-state index is 5.96. The number of halogens is 1. The lowest BCUT2D eigenvalue weighted by Crippen LogP contribution is -2.19. The Hall–Kier alpha value is -3.40. The van der Waals surface area contributed by atoms with Gasteiger partial charge in [-0.05, 0) is 60.7 Å². The first-order valence-corrected chi connectivity index (χ1v) is 11.4. The molecule has 0 aliphatic rings. The third kappa shape index (κ3) is 5.33. The normalized spacial score (nSPS) is 11.2. The second-order valence-electron chi connectivity index (χ2n) is 6.67. The van der Waals surface area contributed by atoms with Gasteiger partial charge in [-0.3, -0.25) is 0 Å². The quantitative estimate of drug-likeness (QED) is 0.335. The third-order valence-corrected chi connectivity index (χ3v) is 5.74. The first kappa shape index (κ1) is 22.8. The summed E-state index contributed by atoms with van der Waals surface area (Å²) in [4.78, 5) is 5.17. The summed E-state index contributed by atoms with van der Waals surface area (Å²) in [6.07, 6.45) is 0. The number of hydrogen-bond donors (Lipinski definition) is 2. The Labute approximate surface area is 205 Å². The number of thiocarbonyl (C=S) groups is 1. The molecule has 0 aliphatic carbocycles. The van der Waals surface area contributed by atoms with Crippen molar-refractivity contribution in [3.63, 3.8) is 0 Å². The van der Waals surface area contributed by atoms with E-state index in [1.807, 2.05) is 65.2 Å². The summed E-state index contributed by atoms with van der Waals surface area (Å²) in [6, 6.07) is 22.5. The molecule has 0 atom stereocenters. The van der Waals surface area contributed by atoms with Crippen LogP contribution in [0.4, 0.5) is 17.3 Å². The van der Waals surface area contributed by atoms with Crippen LogP contribution in [0.5, 0.6) is 11.5 Å². The Bertz CT molecular complexity index is 1340. The summed E-state index contributed by atoms with van der Waals surface area (Å²) in [5.74, 6) is 1.90. The number of nitrogens with one attached hydrogen (secondary N) is 2. The highest BCUT2D eigenvalue weighted by Gasteiger charge is 2.16. The first-order chi connectivity index (χ1) is 16.1. The van der Waals surface area contributed by atoms with Crippen molar-refractivity contribution in [3.8, 4) is 17.2 Å². The van der Waals surface area contributed by atoms with Crippen LogP contribution in [0, 0.1) is 0 Å². The van der Waals surface area contributed by atoms with Crippen LogP contribution in [0.25, 0.3) is 5.69 Å². The first-order valence-electron chi connectivity index (χ1n) is 9.82. The van der Waals surface area contributed by atoms with Crippen molar-refractivity contribution < 1.29 is 9.47 Å². The van der Waals surface area contributed by atoms with Gasteiger partial charge < -0.3 is 20.1 Å². The second-order valence-corrected chi connectivity index (χ2v) is 8.22. The molecule has 4 aromatic rings. The molecular formula is C23H20ClN5O2S2. The van der Waals surface area contributed by atoms with E-state index in [-0.39, 0.29) is 5.11 Å². The Morgan fingerprint density at radius 1 is 0.970 bits per heavy atom. The maximum Gasteiger partial charge on any atom is 0.225 e. The summed E-state index contributed by atoms with van der Waals surface area (Å²) in [5.41, 5.74) is 2.32. The maximum atomic E-state index is 5.96. The average Bonchev–Trinajstić information content (AvgIpc) is 3.22. The van der Waals surface area contributed by atoms with Crippen molar-refractivity contribution in [1.29, 1.82) is 0 Å². The van der Waals surface area contributed by atoms with E-state index in [2.05, 4.69) is 20.0 Å². The average molecular weight is 498 g/mol. The molecular weight excluding hydrogens is 478 g/mol. The number of hydrogen-bond acceptors (Lipinski definition) is 6. The molecule has 0 spiro atoms. The number of para-hydroxylation sites is 4. The van der Waals surface area contributed by atoms with Crippen LogP contribution in [0.15, 0.2) is 77.8 Å². The van der Waals surface area contributed by atoms with E-state index in [0.29, 0.717) is 27.3 Å². The van der Waals surface area contributed by atoms with Crippen LogP contribution >= 0.6 is 35.4 Å². The van der Waals surface area contributed by atoms with E-state index in [9.17, 15) is 0 Å². The van der Waals surface area contributed by atoms with Crippen LogP contribution in [0.3, 0.4) is 0 Å². The number of anilines is 3. The van der Waals surface area contributed by atoms with Gasteiger partial charge in [-0.1, -0.05) is 35.9 Å². The van der Waals surface area contributed by atoms with E-state index in [0.717, 1.165) is 17.1 Å². The lowest BCUT2D eigenvalue weighted by Gasteiger charge is -2.14. The van der Waals surface area contributed by atoms with Crippen LogP contribution < -0.4 is 24.9 Å². The fourth-order valence-electron chi connectivity index (χ4n) is 3.08. The lowest BCUT2D eigenvalue weighted by atomic mass is 10.3. The highest BCUT2D eigenvalue weighted by molar-refractivity contribution is 7.80. The van der Waals surface area contributed by atoms with Crippen LogP contribution in [0.2, 0.25) is 5.02 Å². The van der Waals surface area contributed by atoms with Gasteiger partial charge in [-0.2, -0.15) is 9.37 Å². The molecule has 3 aromatic carbocycles. The Kier molecular flexibility index (Phi) is 7.23. The monoisotopic (exact) mass is 497 g/mol. The van der Waals surface area contributed by atoms with E-state index >= 15 is 0 Å². The van der Waals surface area contributed by atoms with Crippen LogP contribution in [0.1, 0.15) is 0 Å². The van der Waals surface area contributed by atoms with Gasteiger partial charge in [-0.25, -0.2) is 4.57 Å². The Morgan fingerprint density at radius 3 is 2.36 bits per heavy atom. The van der Waals surface area contributed by atoms with Crippen molar-refractivity contribution in [1.82, 2.24) is 8.94 Å². The standard InChI is InChI=1S/C23H20ClN5O2S2/c1-30-19-9-5-3-7-17(19)26-21-28-33-23(29(21)18-8-4-6-10-20(18)31-2)27-22(32)25-16-13-11-15(24)12-14-16/h3-14H,1-2H3,(H,25,32)(H,26,28). The summed E-state index contributed by atoms with van der Waals surface area (Å²) in [5, 5.41) is 7.37. The number of aromatic nitrogens is 2. The molecule has 1 heterocycles. The van der Waals surface area contributed by atoms with Gasteiger partial charge in [0.15, 0.2) is 5.11 Å². The van der Waals surface area contributed by atoms with E-state index in [1.54, 1.807) is 26.4 Å². The van der Waals surface area contributed by atoms with Crippen molar-refractivity contribution in [2.24, 2.45) is 4.99 Å². The highest BCUT2D eigenvalue weighted by Crippen LogP contribution is 2.29. The molecule has 0 unspecified atom stereocenters. The van der Waals surface area contributed by atoms with Crippen molar-refractivity contribution in [3.05, 3.63) is 82.6 Å². The predicted molar refractivity (Wildman–Crippen MR) is 138 cm³/mol. The minimum atomic E-state index is 0.286. The zero-order chi connectivity index (χ0) is 23.2. The number of nitrogens with zero attached hydrogens (tertiary/aromatic N) is 3. The molecule has 0 bridgehead atoms. The summed E-state index contributed by atoms with van der Waals surface area (Å²) in [7, 11) is 3.24. The largest absolute Gasteiger partial charge is 0.495 e. The molecule has 0 saturated carbocycles. The Morgan fingerprint density at radius 2 is 1.64 bits per heavy atom. The summed E-state index contributed by atoms with van der Waals surface area (Å²) < 4.78 is 17.5. The van der Waals surface area contributed by atoms with Gasteiger partial charge in [-0.15, -0.1) is 0 Å². The lowest BCUT2D eigenvalue weighted by molar-refractivity contribution is 0.412. The van der Waals surface area contributed by atoms with Gasteiger partial charge in [0.2, 0.25) is 10.7 Å². The SMILES string of the molecule is COc1ccccc1Nc1nsc(=NC(=S)Nc2ccc(Cl)cc2)n1-c1ccccc1OC. The summed E-state index contributed by atoms with van der Waals surface area (Å²) in [6.45, 7) is 0. The van der Waals surface area contributed by atoms with Crippen molar-refractivity contribution in [2.45, 2.75) is 0 Å². The number of methoxy groups -OCH3 is 2. The topological polar surface area (TPSA) is 72.7 Å². The minimum absolute atomic E-state index is 0.286. The molecule has 168 valence electrons. The predicted octanol–water partition coefficient (Wildman–Crippen LogP) is 5.65. The molecule has 1 aromatic heterocycles. The fourth-order valence-corrected chi connectivity index (χ4v) is 4.16. The van der Waals surface area contributed by atoms with E-state index in [4.69, 9.17) is 33.3 Å². The molecule has 10 heteroatoms.